The van der Waals surface area contributed by atoms with E-state index in [1.807, 2.05) is 60.7 Å². The molecule has 6 heteroatoms. The van der Waals surface area contributed by atoms with Crippen LogP contribution in [0.2, 0.25) is 0 Å². The second-order valence-corrected chi connectivity index (χ2v) is 7.14. The Morgan fingerprint density at radius 2 is 1.41 bits per heavy atom. The van der Waals surface area contributed by atoms with Gasteiger partial charge in [-0.05, 0) is 29.8 Å². The summed E-state index contributed by atoms with van der Waals surface area (Å²) in [5.74, 6) is -0.401. The predicted octanol–water partition coefficient (Wildman–Crippen LogP) is 5.09. The number of aromatic nitrogens is 2. The van der Waals surface area contributed by atoms with Crippen molar-refractivity contribution in [1.29, 1.82) is 0 Å². The molecule has 1 aromatic heterocycles. The van der Waals surface area contributed by atoms with Gasteiger partial charge in [-0.1, -0.05) is 76.6 Å². The largest absolute Gasteiger partial charge is 0.423 e. The number of aromatic amines is 1. The number of carbonyl (C=O) groups excluding carboxylic acids is 1. The highest BCUT2D eigenvalue weighted by Crippen LogP contribution is 2.32. The Hall–Kier alpha value is -3.51. The van der Waals surface area contributed by atoms with Crippen molar-refractivity contribution in [3.8, 4) is 28.1 Å². The van der Waals surface area contributed by atoms with Gasteiger partial charge in [0.05, 0.1) is 5.69 Å². The van der Waals surface area contributed by atoms with E-state index in [1.165, 1.54) is 0 Å². The second kappa shape index (κ2) is 8.24. The Kier molecular flexibility index (Phi) is 5.35. The molecule has 29 heavy (non-hydrogen) atoms. The lowest BCUT2D eigenvalue weighted by Crippen LogP contribution is -2.24. The van der Waals surface area contributed by atoms with Crippen molar-refractivity contribution in [2.24, 2.45) is 0 Å². The summed E-state index contributed by atoms with van der Waals surface area (Å²) >= 11 is 3.34. The number of esters is 1. The summed E-state index contributed by atoms with van der Waals surface area (Å²) < 4.78 is 6.34. The van der Waals surface area contributed by atoms with Crippen molar-refractivity contribution in [2.45, 2.75) is 0 Å². The molecule has 0 fully saturated rings. The molecule has 0 aliphatic heterocycles. The topological polar surface area (TPSA) is 72.0 Å². The van der Waals surface area contributed by atoms with Gasteiger partial charge in [0.1, 0.15) is 11.3 Å². The van der Waals surface area contributed by atoms with E-state index >= 15 is 0 Å². The number of halogens is 1. The number of nitrogens with zero attached hydrogens (tertiary/aromatic N) is 1. The molecule has 5 nitrogen and oxygen atoms in total. The van der Waals surface area contributed by atoms with Crippen molar-refractivity contribution in [3.63, 3.8) is 0 Å². The monoisotopic (exact) mass is 446 g/mol. The van der Waals surface area contributed by atoms with E-state index < -0.39 is 11.5 Å². The molecule has 142 valence electrons. The maximum Gasteiger partial charge on any atom is 0.349 e. The minimum absolute atomic E-state index is 0.0898. The summed E-state index contributed by atoms with van der Waals surface area (Å²) in [4.78, 5) is 25.7. The highest BCUT2D eigenvalue weighted by Gasteiger charge is 2.24. The first-order chi connectivity index (χ1) is 14.1. The standard InChI is InChI=1S/C23H15BrN2O3/c24-17-11-13-18(14-12-17)29-23(28)20-19(15-7-3-1-4-8-15)21(25-26-22(20)27)16-9-5-2-6-10-16/h1-14H,(H,26,27). The van der Waals surface area contributed by atoms with Gasteiger partial charge >= 0.3 is 5.97 Å². The molecule has 1 heterocycles. The normalized spacial score (nSPS) is 10.5. The van der Waals surface area contributed by atoms with Crippen LogP contribution >= 0.6 is 15.9 Å². The highest BCUT2D eigenvalue weighted by molar-refractivity contribution is 9.10. The summed E-state index contributed by atoms with van der Waals surface area (Å²) in [5, 5.41) is 6.67. The molecule has 0 saturated carbocycles. The first-order valence-corrected chi connectivity index (χ1v) is 9.64. The minimum Gasteiger partial charge on any atom is -0.423 e. The number of rotatable bonds is 4. The Morgan fingerprint density at radius 1 is 0.828 bits per heavy atom. The Morgan fingerprint density at radius 3 is 2.03 bits per heavy atom. The van der Waals surface area contributed by atoms with Crippen molar-refractivity contribution in [3.05, 3.63) is 105 Å². The number of ether oxygens (including phenoxy) is 1. The molecule has 0 atom stereocenters. The van der Waals surface area contributed by atoms with Gasteiger partial charge in [-0.15, -0.1) is 0 Å². The first-order valence-electron chi connectivity index (χ1n) is 8.85. The highest BCUT2D eigenvalue weighted by atomic mass is 79.9. The van der Waals surface area contributed by atoms with Gasteiger partial charge in [-0.2, -0.15) is 5.10 Å². The van der Waals surface area contributed by atoms with Crippen molar-refractivity contribution in [1.82, 2.24) is 10.2 Å². The molecule has 0 spiro atoms. The van der Waals surface area contributed by atoms with Crippen LogP contribution in [-0.4, -0.2) is 16.2 Å². The van der Waals surface area contributed by atoms with Gasteiger partial charge in [0.25, 0.3) is 5.56 Å². The smallest absolute Gasteiger partial charge is 0.349 e. The second-order valence-electron chi connectivity index (χ2n) is 6.23. The number of hydrogen-bond donors (Lipinski definition) is 1. The quantitative estimate of drug-likeness (QED) is 0.350. The van der Waals surface area contributed by atoms with Crippen LogP contribution in [-0.2, 0) is 0 Å². The van der Waals surface area contributed by atoms with Gasteiger partial charge in [0.15, 0.2) is 0 Å². The summed E-state index contributed by atoms with van der Waals surface area (Å²) in [7, 11) is 0. The maximum absolute atomic E-state index is 13.0. The molecule has 4 rings (SSSR count). The molecular formula is C23H15BrN2O3. The van der Waals surface area contributed by atoms with E-state index in [0.29, 0.717) is 22.6 Å². The van der Waals surface area contributed by atoms with Crippen molar-refractivity contribution >= 4 is 21.9 Å². The zero-order valence-corrected chi connectivity index (χ0v) is 16.7. The van der Waals surface area contributed by atoms with Crippen LogP contribution in [0.3, 0.4) is 0 Å². The van der Waals surface area contributed by atoms with Gasteiger partial charge in [-0.25, -0.2) is 9.89 Å². The number of benzene rings is 3. The lowest BCUT2D eigenvalue weighted by molar-refractivity contribution is 0.0733. The predicted molar refractivity (Wildman–Crippen MR) is 115 cm³/mol. The Labute approximate surface area is 175 Å². The van der Waals surface area contributed by atoms with Crippen LogP contribution < -0.4 is 10.3 Å². The average Bonchev–Trinajstić information content (AvgIpc) is 2.76. The van der Waals surface area contributed by atoms with Gasteiger partial charge < -0.3 is 4.74 Å². The molecule has 0 amide bonds. The van der Waals surface area contributed by atoms with E-state index in [2.05, 4.69) is 26.1 Å². The van der Waals surface area contributed by atoms with E-state index in [-0.39, 0.29) is 5.56 Å². The third-order valence-corrected chi connectivity index (χ3v) is 4.85. The van der Waals surface area contributed by atoms with Crippen LogP contribution in [0.25, 0.3) is 22.4 Å². The molecule has 0 saturated heterocycles. The zero-order valence-electron chi connectivity index (χ0n) is 15.1. The number of hydrogen-bond acceptors (Lipinski definition) is 4. The number of carbonyl (C=O) groups is 1. The zero-order chi connectivity index (χ0) is 20.2. The van der Waals surface area contributed by atoms with Crippen molar-refractivity contribution < 1.29 is 9.53 Å². The lowest BCUT2D eigenvalue weighted by atomic mass is 9.95. The fourth-order valence-electron chi connectivity index (χ4n) is 3.00. The summed E-state index contributed by atoms with van der Waals surface area (Å²) in [5.41, 5.74) is 1.72. The van der Waals surface area contributed by atoms with E-state index in [0.717, 1.165) is 10.0 Å². The number of H-pyrrole nitrogens is 1. The van der Waals surface area contributed by atoms with Crippen molar-refractivity contribution in [2.75, 3.05) is 0 Å². The molecule has 0 unspecified atom stereocenters. The first kappa shape index (κ1) is 18.8. The fourth-order valence-corrected chi connectivity index (χ4v) is 3.26. The van der Waals surface area contributed by atoms with E-state index in [4.69, 9.17) is 4.74 Å². The molecule has 3 aromatic carbocycles. The summed E-state index contributed by atoms with van der Waals surface area (Å²) in [6.45, 7) is 0. The maximum atomic E-state index is 13.0. The number of nitrogens with one attached hydrogen (secondary N) is 1. The van der Waals surface area contributed by atoms with Crippen LogP contribution in [0.1, 0.15) is 10.4 Å². The lowest BCUT2D eigenvalue weighted by Gasteiger charge is -2.13. The third-order valence-electron chi connectivity index (χ3n) is 4.32. The Bertz CT molecular complexity index is 1200. The SMILES string of the molecule is O=C(Oc1ccc(Br)cc1)c1c(-c2ccccc2)c(-c2ccccc2)n[nH]c1=O. The third kappa shape index (κ3) is 4.02. The molecule has 0 aliphatic rings. The molecule has 4 aromatic rings. The van der Waals surface area contributed by atoms with Crippen LogP contribution in [0.5, 0.6) is 5.75 Å². The molecular weight excluding hydrogens is 432 g/mol. The average molecular weight is 447 g/mol. The van der Waals surface area contributed by atoms with Crippen LogP contribution in [0.4, 0.5) is 0 Å². The minimum atomic E-state index is -0.744. The van der Waals surface area contributed by atoms with E-state index in [9.17, 15) is 9.59 Å². The molecule has 1 N–H and O–H groups in total. The van der Waals surface area contributed by atoms with Gasteiger partial charge in [-0.3, -0.25) is 4.79 Å². The molecule has 0 bridgehead atoms. The Balaban J connectivity index is 1.89. The summed E-state index contributed by atoms with van der Waals surface area (Å²) in [6, 6.07) is 25.4. The molecule has 0 radical (unpaired) electrons. The van der Waals surface area contributed by atoms with Crippen LogP contribution in [0.15, 0.2) is 94.2 Å². The molecule has 0 aliphatic carbocycles. The summed E-state index contributed by atoms with van der Waals surface area (Å²) in [6.07, 6.45) is 0. The van der Waals surface area contributed by atoms with Crippen LogP contribution in [0, 0.1) is 0 Å². The van der Waals surface area contributed by atoms with Gasteiger partial charge in [0, 0.05) is 15.6 Å². The van der Waals surface area contributed by atoms with Gasteiger partial charge in [0.2, 0.25) is 0 Å². The fraction of sp³-hybridized carbons (Fsp3) is 0. The van der Waals surface area contributed by atoms with E-state index in [1.54, 1.807) is 24.3 Å².